The first-order chi connectivity index (χ1) is 8.58. The summed E-state index contributed by atoms with van der Waals surface area (Å²) in [5.41, 5.74) is 0. The van der Waals surface area contributed by atoms with Gasteiger partial charge in [-0.3, -0.25) is 9.59 Å². The molecule has 2 heterocycles. The Hall–Kier alpha value is -1.10. The molecule has 1 N–H and O–H groups in total. The van der Waals surface area contributed by atoms with Gasteiger partial charge in [-0.2, -0.15) is 0 Å². The molecule has 1 atom stereocenters. The summed E-state index contributed by atoms with van der Waals surface area (Å²) in [6, 6.07) is 0. The summed E-state index contributed by atoms with van der Waals surface area (Å²) in [6.45, 7) is 4.18. The van der Waals surface area contributed by atoms with Crippen LogP contribution in [0, 0.1) is 5.92 Å². The zero-order chi connectivity index (χ0) is 13.1. The molecule has 0 aromatic rings. The van der Waals surface area contributed by atoms with E-state index in [4.69, 9.17) is 0 Å². The van der Waals surface area contributed by atoms with Gasteiger partial charge in [-0.25, -0.2) is 0 Å². The minimum atomic E-state index is -0.361. The fourth-order valence-corrected chi connectivity index (χ4v) is 2.85. The summed E-state index contributed by atoms with van der Waals surface area (Å²) in [5, 5.41) is 9.59. The Balaban J connectivity index is 1.85. The first-order valence-corrected chi connectivity index (χ1v) is 6.80. The number of rotatable bonds is 1. The van der Waals surface area contributed by atoms with Crippen molar-refractivity contribution in [2.24, 2.45) is 5.92 Å². The number of hydrogen-bond donors (Lipinski definition) is 1. The van der Waals surface area contributed by atoms with Crippen molar-refractivity contribution in [3.63, 3.8) is 0 Å². The number of aliphatic hydroxyl groups is 1. The first-order valence-electron chi connectivity index (χ1n) is 6.80. The highest BCUT2D eigenvalue weighted by molar-refractivity contribution is 5.79. The Morgan fingerprint density at radius 1 is 1.06 bits per heavy atom. The summed E-state index contributed by atoms with van der Waals surface area (Å²) >= 11 is 0. The number of aliphatic hydroxyl groups excluding tert-OH is 1. The van der Waals surface area contributed by atoms with E-state index in [1.807, 2.05) is 0 Å². The third-order valence-electron chi connectivity index (χ3n) is 4.00. The van der Waals surface area contributed by atoms with Crippen LogP contribution in [0.15, 0.2) is 0 Å². The van der Waals surface area contributed by atoms with Crippen LogP contribution in [0.5, 0.6) is 0 Å². The summed E-state index contributed by atoms with van der Waals surface area (Å²) in [6.07, 6.45) is 2.84. The van der Waals surface area contributed by atoms with Crippen LogP contribution in [0.2, 0.25) is 0 Å². The van der Waals surface area contributed by atoms with E-state index in [1.165, 1.54) is 0 Å². The quantitative estimate of drug-likeness (QED) is 0.728. The van der Waals surface area contributed by atoms with Gasteiger partial charge in [0.2, 0.25) is 11.8 Å². The second-order valence-electron chi connectivity index (χ2n) is 5.36. The van der Waals surface area contributed by atoms with Gasteiger partial charge in [0.25, 0.3) is 0 Å². The van der Waals surface area contributed by atoms with Gasteiger partial charge in [0.1, 0.15) is 0 Å². The predicted octanol–water partition coefficient (Wildman–Crippen LogP) is 0.228. The first kappa shape index (κ1) is 13.3. The topological polar surface area (TPSA) is 60.9 Å². The average molecular weight is 254 g/mol. The van der Waals surface area contributed by atoms with E-state index in [9.17, 15) is 14.7 Å². The highest BCUT2D eigenvalue weighted by Crippen LogP contribution is 2.22. The zero-order valence-electron chi connectivity index (χ0n) is 11.0. The molecule has 2 aliphatic heterocycles. The summed E-state index contributed by atoms with van der Waals surface area (Å²) in [5.74, 6) is 0.289. The summed E-state index contributed by atoms with van der Waals surface area (Å²) in [4.78, 5) is 27.1. The molecule has 5 heteroatoms. The summed E-state index contributed by atoms with van der Waals surface area (Å²) < 4.78 is 0. The number of hydrogen-bond acceptors (Lipinski definition) is 3. The highest BCUT2D eigenvalue weighted by atomic mass is 16.3. The molecule has 0 unspecified atom stereocenters. The largest absolute Gasteiger partial charge is 0.391 e. The van der Waals surface area contributed by atoms with Crippen molar-refractivity contribution in [1.29, 1.82) is 0 Å². The minimum absolute atomic E-state index is 0.0332. The fraction of sp³-hybridized carbons (Fsp3) is 0.846. The van der Waals surface area contributed by atoms with Gasteiger partial charge in [-0.15, -0.1) is 0 Å². The molecular weight excluding hydrogens is 232 g/mol. The molecule has 2 saturated heterocycles. The molecule has 102 valence electrons. The van der Waals surface area contributed by atoms with Crippen LogP contribution in [0.1, 0.15) is 32.6 Å². The number of carbonyl (C=O) groups excluding carboxylic acids is 2. The number of nitrogens with zero attached hydrogens (tertiary/aromatic N) is 2. The van der Waals surface area contributed by atoms with E-state index in [0.717, 1.165) is 32.2 Å². The van der Waals surface area contributed by atoms with E-state index in [1.54, 1.807) is 16.7 Å². The molecule has 18 heavy (non-hydrogen) atoms. The van der Waals surface area contributed by atoms with E-state index >= 15 is 0 Å². The van der Waals surface area contributed by atoms with Crippen molar-refractivity contribution >= 4 is 11.8 Å². The molecule has 2 aliphatic rings. The molecule has 0 spiro atoms. The van der Waals surface area contributed by atoms with Crippen LogP contribution < -0.4 is 0 Å². The molecule has 2 amide bonds. The summed E-state index contributed by atoms with van der Waals surface area (Å²) in [7, 11) is 0. The highest BCUT2D eigenvalue weighted by Gasteiger charge is 2.31. The molecule has 2 rings (SSSR count). The number of likely N-dealkylation sites (tertiary alicyclic amines) is 2. The normalized spacial score (nSPS) is 26.2. The lowest BCUT2D eigenvalue weighted by atomic mass is 9.94. The molecule has 0 radical (unpaired) electrons. The van der Waals surface area contributed by atoms with Crippen LogP contribution in [-0.2, 0) is 9.59 Å². The van der Waals surface area contributed by atoms with Crippen molar-refractivity contribution in [2.45, 2.75) is 38.7 Å². The monoisotopic (exact) mass is 254 g/mol. The Kier molecular flexibility index (Phi) is 4.22. The zero-order valence-corrected chi connectivity index (χ0v) is 11.0. The second kappa shape index (κ2) is 5.69. The second-order valence-corrected chi connectivity index (χ2v) is 5.36. The number of piperidine rings is 2. The lowest BCUT2D eigenvalue weighted by Crippen LogP contribution is -2.48. The molecule has 0 aliphatic carbocycles. The van der Waals surface area contributed by atoms with Gasteiger partial charge in [-0.1, -0.05) is 0 Å². The fourth-order valence-electron chi connectivity index (χ4n) is 2.85. The van der Waals surface area contributed by atoms with Gasteiger partial charge >= 0.3 is 0 Å². The van der Waals surface area contributed by atoms with Crippen LogP contribution >= 0.6 is 0 Å². The van der Waals surface area contributed by atoms with E-state index < -0.39 is 0 Å². The van der Waals surface area contributed by atoms with Gasteiger partial charge in [0, 0.05) is 39.0 Å². The number of carbonyl (C=O) groups is 2. The molecular formula is C13H22N2O3. The minimum Gasteiger partial charge on any atom is -0.391 e. The maximum Gasteiger partial charge on any atom is 0.225 e. The Labute approximate surface area is 108 Å². The van der Waals surface area contributed by atoms with Crippen LogP contribution in [-0.4, -0.2) is 59.0 Å². The molecule has 2 fully saturated rings. The number of amides is 2. The Bertz CT molecular complexity index is 324. The van der Waals surface area contributed by atoms with E-state index in [0.29, 0.717) is 19.6 Å². The van der Waals surface area contributed by atoms with Gasteiger partial charge < -0.3 is 14.9 Å². The maximum absolute atomic E-state index is 12.3. The van der Waals surface area contributed by atoms with Crippen molar-refractivity contribution in [3.8, 4) is 0 Å². The molecule has 0 bridgehead atoms. The van der Waals surface area contributed by atoms with Crippen LogP contribution in [0.3, 0.4) is 0 Å². The lowest BCUT2D eigenvalue weighted by molar-refractivity contribution is -0.142. The third-order valence-corrected chi connectivity index (χ3v) is 4.00. The smallest absolute Gasteiger partial charge is 0.225 e. The van der Waals surface area contributed by atoms with Gasteiger partial charge in [-0.05, 0) is 25.7 Å². The van der Waals surface area contributed by atoms with E-state index in [2.05, 4.69) is 0 Å². The number of β-amino-alcohol motifs (C(OH)–C–C–N with tert-alkyl or cyclic N) is 1. The van der Waals surface area contributed by atoms with Crippen molar-refractivity contribution in [2.75, 3.05) is 26.2 Å². The van der Waals surface area contributed by atoms with Gasteiger partial charge in [0.15, 0.2) is 0 Å². The standard InChI is InChI=1S/C13H22N2O3/c1-10(16)14-7-4-11(5-8-14)13(18)15-6-2-3-12(17)9-15/h11-12,17H,2-9H2,1H3/t12-/m0/s1. The van der Waals surface area contributed by atoms with Crippen molar-refractivity contribution in [1.82, 2.24) is 9.80 Å². The van der Waals surface area contributed by atoms with Crippen LogP contribution in [0.25, 0.3) is 0 Å². The third kappa shape index (κ3) is 3.02. The van der Waals surface area contributed by atoms with Crippen LogP contribution in [0.4, 0.5) is 0 Å². The average Bonchev–Trinajstić information content (AvgIpc) is 2.38. The Morgan fingerprint density at radius 2 is 1.72 bits per heavy atom. The lowest BCUT2D eigenvalue weighted by Gasteiger charge is -2.36. The van der Waals surface area contributed by atoms with E-state index in [-0.39, 0.29) is 23.8 Å². The molecule has 0 saturated carbocycles. The Morgan fingerprint density at radius 3 is 2.28 bits per heavy atom. The predicted molar refractivity (Wildman–Crippen MR) is 66.8 cm³/mol. The molecule has 5 nitrogen and oxygen atoms in total. The SMILES string of the molecule is CC(=O)N1CCC(C(=O)N2CCC[C@H](O)C2)CC1. The maximum atomic E-state index is 12.3. The molecule has 0 aromatic carbocycles. The molecule has 0 aromatic heterocycles. The van der Waals surface area contributed by atoms with Crippen molar-refractivity contribution in [3.05, 3.63) is 0 Å². The van der Waals surface area contributed by atoms with Crippen molar-refractivity contribution < 1.29 is 14.7 Å². The van der Waals surface area contributed by atoms with Gasteiger partial charge in [0.05, 0.1) is 6.10 Å².